The molecule has 0 heterocycles. The maximum Gasteiger partial charge on any atom is -0.0398 e. The van der Waals surface area contributed by atoms with Crippen LogP contribution in [0.5, 0.6) is 0 Å². The van der Waals surface area contributed by atoms with E-state index in [-0.39, 0.29) is 49.6 Å². The summed E-state index contributed by atoms with van der Waals surface area (Å²) >= 11 is 0. The van der Waals surface area contributed by atoms with E-state index >= 15 is 0 Å². The molecule has 0 N–H and O–H groups in total. The summed E-state index contributed by atoms with van der Waals surface area (Å²) in [5, 5.41) is 0. The summed E-state index contributed by atoms with van der Waals surface area (Å²) in [5.41, 5.74) is 2.68. The Kier molecular flexibility index (Phi) is 21.7. The van der Waals surface area contributed by atoms with Gasteiger partial charge >= 0.3 is 0 Å². The molecule has 0 aliphatic rings. The van der Waals surface area contributed by atoms with E-state index in [0.29, 0.717) is 0 Å². The Morgan fingerprint density at radius 1 is 0.750 bits per heavy atom. The van der Waals surface area contributed by atoms with Crippen LogP contribution in [0.2, 0.25) is 0 Å². The molecule has 0 saturated carbocycles. The normalized spacial score (nSPS) is 6.17. The average molecular weight is 252 g/mol. The van der Waals surface area contributed by atoms with Gasteiger partial charge in [-0.25, -0.2) is 0 Å². The molecule has 1 rings (SSSR count). The summed E-state index contributed by atoms with van der Waals surface area (Å²) in [5.74, 6) is 0. The summed E-state index contributed by atoms with van der Waals surface area (Å²) in [7, 11) is 0. The monoisotopic (exact) mass is 250 g/mol. The number of rotatable bonds is 0. The second-order valence-electron chi connectivity index (χ2n) is 2.16. The Morgan fingerprint density at radius 2 is 1.08 bits per heavy atom. The van der Waals surface area contributed by atoms with Crippen LogP contribution < -0.4 is 0 Å². The molecule has 74 valence electrons. The first-order chi connectivity index (χ1) is 3.79. The van der Waals surface area contributed by atoms with Gasteiger partial charge in [0.15, 0.2) is 0 Å². The first kappa shape index (κ1) is 22.8. The molecule has 0 spiro atoms. The highest BCUT2D eigenvalue weighted by molar-refractivity contribution is 5.86. The first-order valence-corrected chi connectivity index (χ1v) is 2.82. The second kappa shape index (κ2) is 11.4. The zero-order valence-electron chi connectivity index (χ0n) is 6.94. The molecular weight excluding hydrogens is 238 g/mol. The highest BCUT2D eigenvalue weighted by atomic mass is 35.5. The maximum atomic E-state index is 2.17. The standard InChI is InChI=1S/C8H10.4ClH/c1-7-4-3-5-8(2)6-7;;;;/h3-6H,1-2H3;4*1H. The first-order valence-electron chi connectivity index (χ1n) is 2.82. The molecule has 0 saturated heterocycles. The van der Waals surface area contributed by atoms with E-state index in [1.54, 1.807) is 0 Å². The molecular formula is C8H14Cl4. The lowest BCUT2D eigenvalue weighted by Gasteiger charge is -1.90. The fourth-order valence-corrected chi connectivity index (χ4v) is 0.807. The number of halogens is 4. The van der Waals surface area contributed by atoms with E-state index in [1.165, 1.54) is 11.1 Å². The van der Waals surface area contributed by atoms with Crippen molar-refractivity contribution >= 4 is 49.6 Å². The third-order valence-electron chi connectivity index (χ3n) is 1.17. The van der Waals surface area contributed by atoms with Crippen molar-refractivity contribution in [3.05, 3.63) is 35.4 Å². The van der Waals surface area contributed by atoms with Gasteiger partial charge in [-0.2, -0.15) is 0 Å². The second-order valence-corrected chi connectivity index (χ2v) is 2.16. The summed E-state index contributed by atoms with van der Waals surface area (Å²) < 4.78 is 0. The Hall–Kier alpha value is 0.380. The van der Waals surface area contributed by atoms with Crippen LogP contribution in [0.15, 0.2) is 24.3 Å². The van der Waals surface area contributed by atoms with Crippen LogP contribution in [0, 0.1) is 13.8 Å². The Labute approximate surface area is 98.8 Å². The van der Waals surface area contributed by atoms with Crippen molar-refractivity contribution in [3.8, 4) is 0 Å². The van der Waals surface area contributed by atoms with E-state index in [2.05, 4.69) is 38.1 Å². The van der Waals surface area contributed by atoms with Crippen molar-refractivity contribution in [1.82, 2.24) is 0 Å². The highest BCUT2D eigenvalue weighted by Crippen LogP contribution is 2.00. The zero-order valence-corrected chi connectivity index (χ0v) is 10.2. The molecule has 0 unspecified atom stereocenters. The molecule has 0 aliphatic carbocycles. The van der Waals surface area contributed by atoms with Crippen LogP contribution in [0.25, 0.3) is 0 Å². The van der Waals surface area contributed by atoms with Gasteiger partial charge < -0.3 is 0 Å². The summed E-state index contributed by atoms with van der Waals surface area (Å²) in [4.78, 5) is 0. The van der Waals surface area contributed by atoms with Gasteiger partial charge in [0, 0.05) is 0 Å². The molecule has 4 heteroatoms. The average Bonchev–Trinajstić information content (AvgIpc) is 1.64. The smallest absolute Gasteiger partial charge is 0.0398 e. The Balaban J connectivity index is -0.0000000800. The van der Waals surface area contributed by atoms with E-state index in [0.717, 1.165) is 0 Å². The molecule has 0 radical (unpaired) electrons. The summed E-state index contributed by atoms with van der Waals surface area (Å²) in [6, 6.07) is 8.45. The van der Waals surface area contributed by atoms with E-state index in [4.69, 9.17) is 0 Å². The molecule has 1 aromatic carbocycles. The number of aryl methyl sites for hydroxylation is 2. The van der Waals surface area contributed by atoms with Gasteiger partial charge in [0.1, 0.15) is 0 Å². The topological polar surface area (TPSA) is 0 Å². The molecule has 0 fully saturated rings. The molecule has 12 heavy (non-hydrogen) atoms. The van der Waals surface area contributed by atoms with Crippen LogP contribution >= 0.6 is 49.6 Å². The lowest BCUT2D eigenvalue weighted by Crippen LogP contribution is -1.71. The molecule has 0 amide bonds. The van der Waals surface area contributed by atoms with E-state index in [9.17, 15) is 0 Å². The van der Waals surface area contributed by atoms with Crippen LogP contribution in [0.1, 0.15) is 11.1 Å². The van der Waals surface area contributed by atoms with Crippen molar-refractivity contribution < 1.29 is 0 Å². The molecule has 1 aromatic rings. The van der Waals surface area contributed by atoms with Crippen molar-refractivity contribution in [1.29, 1.82) is 0 Å². The van der Waals surface area contributed by atoms with Gasteiger partial charge in [-0.1, -0.05) is 35.4 Å². The molecule has 0 atom stereocenters. The summed E-state index contributed by atoms with van der Waals surface area (Å²) in [6.45, 7) is 4.21. The van der Waals surface area contributed by atoms with Gasteiger partial charge in [0.2, 0.25) is 0 Å². The molecule has 0 nitrogen and oxygen atoms in total. The van der Waals surface area contributed by atoms with Crippen LogP contribution in [0.4, 0.5) is 0 Å². The molecule has 0 bridgehead atoms. The van der Waals surface area contributed by atoms with E-state index in [1.807, 2.05) is 0 Å². The fourth-order valence-electron chi connectivity index (χ4n) is 0.807. The minimum absolute atomic E-state index is 0. The minimum atomic E-state index is 0. The van der Waals surface area contributed by atoms with Crippen LogP contribution in [-0.4, -0.2) is 0 Å². The highest BCUT2D eigenvalue weighted by Gasteiger charge is 1.80. The third-order valence-corrected chi connectivity index (χ3v) is 1.17. The van der Waals surface area contributed by atoms with Crippen molar-refractivity contribution in [2.75, 3.05) is 0 Å². The predicted molar refractivity (Wildman–Crippen MR) is 64.9 cm³/mol. The number of hydrogen-bond donors (Lipinski definition) is 0. The number of hydrogen-bond acceptors (Lipinski definition) is 0. The van der Waals surface area contributed by atoms with Crippen LogP contribution in [-0.2, 0) is 0 Å². The maximum absolute atomic E-state index is 2.17. The quantitative estimate of drug-likeness (QED) is 0.654. The lowest BCUT2D eigenvalue weighted by atomic mass is 10.2. The zero-order chi connectivity index (χ0) is 5.98. The van der Waals surface area contributed by atoms with E-state index < -0.39 is 0 Å². The van der Waals surface area contributed by atoms with Crippen molar-refractivity contribution in [2.45, 2.75) is 13.8 Å². The largest absolute Gasteiger partial charge is 0.147 e. The van der Waals surface area contributed by atoms with Crippen LogP contribution in [0.3, 0.4) is 0 Å². The van der Waals surface area contributed by atoms with Gasteiger partial charge in [-0.3, -0.25) is 0 Å². The predicted octanol–water partition coefficient (Wildman–Crippen LogP) is 3.99. The minimum Gasteiger partial charge on any atom is -0.147 e. The Bertz CT molecular complexity index is 171. The van der Waals surface area contributed by atoms with Gasteiger partial charge in [-0.05, 0) is 13.8 Å². The van der Waals surface area contributed by atoms with Gasteiger partial charge in [0.05, 0.1) is 0 Å². The third kappa shape index (κ3) is 8.48. The number of benzene rings is 1. The SMILES string of the molecule is Cc1cccc(C)c1.Cl.Cl.Cl.Cl. The lowest BCUT2D eigenvalue weighted by molar-refractivity contribution is 1.39. The fraction of sp³-hybridized carbons (Fsp3) is 0.250. The molecule has 0 aromatic heterocycles. The molecule has 0 aliphatic heterocycles. The van der Waals surface area contributed by atoms with Gasteiger partial charge in [0.25, 0.3) is 0 Å². The van der Waals surface area contributed by atoms with Crippen molar-refractivity contribution in [3.63, 3.8) is 0 Å². The Morgan fingerprint density at radius 3 is 1.25 bits per heavy atom. The summed E-state index contributed by atoms with van der Waals surface area (Å²) in [6.07, 6.45) is 0. The van der Waals surface area contributed by atoms with Crippen molar-refractivity contribution in [2.24, 2.45) is 0 Å². The van der Waals surface area contributed by atoms with Gasteiger partial charge in [-0.15, -0.1) is 49.6 Å².